The van der Waals surface area contributed by atoms with E-state index in [9.17, 15) is 0 Å². The van der Waals surface area contributed by atoms with Crippen molar-refractivity contribution in [2.75, 3.05) is 0 Å². The molecule has 0 aliphatic rings. The van der Waals surface area contributed by atoms with Crippen LogP contribution in [0, 0.1) is 0 Å². The van der Waals surface area contributed by atoms with Gasteiger partial charge in [-0.25, -0.2) is 0 Å². The molecular formula is C12H14. The van der Waals surface area contributed by atoms with Crippen LogP contribution in [-0.2, 0) is 6.42 Å². The molecule has 0 saturated carbocycles. The molecule has 62 valence electrons. The highest BCUT2D eigenvalue weighted by Gasteiger charge is 1.91. The first kappa shape index (κ1) is 8.79. The van der Waals surface area contributed by atoms with Crippen molar-refractivity contribution in [2.24, 2.45) is 0 Å². The van der Waals surface area contributed by atoms with E-state index in [0.717, 1.165) is 18.4 Å². The topological polar surface area (TPSA) is 0 Å². The number of aryl methyl sites for hydroxylation is 1. The minimum atomic E-state index is 1.01. The zero-order valence-corrected chi connectivity index (χ0v) is 7.29. The Morgan fingerprint density at radius 3 is 2.50 bits per heavy atom. The summed E-state index contributed by atoms with van der Waals surface area (Å²) in [5, 5.41) is 0. The highest BCUT2D eigenvalue weighted by atomic mass is 14.0. The van der Waals surface area contributed by atoms with Gasteiger partial charge in [0.1, 0.15) is 0 Å². The van der Waals surface area contributed by atoms with Gasteiger partial charge in [-0.3, -0.25) is 0 Å². The van der Waals surface area contributed by atoms with Crippen molar-refractivity contribution in [1.82, 2.24) is 0 Å². The number of benzene rings is 1. The quantitative estimate of drug-likeness (QED) is 0.589. The minimum Gasteiger partial charge on any atom is -0.0988 e. The van der Waals surface area contributed by atoms with Crippen molar-refractivity contribution in [3.63, 3.8) is 0 Å². The molecule has 0 heterocycles. The number of hydrogen-bond donors (Lipinski definition) is 0. The Labute approximate surface area is 74.2 Å². The molecule has 0 unspecified atom stereocenters. The first-order valence-corrected chi connectivity index (χ1v) is 4.17. The van der Waals surface area contributed by atoms with Gasteiger partial charge >= 0.3 is 0 Å². The zero-order chi connectivity index (χ0) is 8.81. The van der Waals surface area contributed by atoms with Gasteiger partial charge in [0.15, 0.2) is 0 Å². The van der Waals surface area contributed by atoms with E-state index >= 15 is 0 Å². The molecular weight excluding hydrogens is 144 g/mol. The predicted octanol–water partition coefficient (Wildman–Crippen LogP) is 3.36. The van der Waals surface area contributed by atoms with E-state index in [1.54, 1.807) is 0 Å². The van der Waals surface area contributed by atoms with Gasteiger partial charge in [0, 0.05) is 0 Å². The third kappa shape index (κ3) is 2.75. The Balaban J connectivity index is 2.43. The summed E-state index contributed by atoms with van der Waals surface area (Å²) in [5.41, 5.74) is 2.47. The fraction of sp³-hybridized carbons (Fsp3) is 0.167. The summed E-state index contributed by atoms with van der Waals surface area (Å²) in [6, 6.07) is 10.4. The molecule has 1 rings (SSSR count). The number of hydrogen-bond acceptors (Lipinski definition) is 0. The van der Waals surface area contributed by atoms with Crippen LogP contribution in [0.25, 0.3) is 0 Å². The molecule has 0 heteroatoms. The molecule has 0 saturated heterocycles. The van der Waals surface area contributed by atoms with Crippen LogP contribution in [0.5, 0.6) is 0 Å². The fourth-order valence-electron chi connectivity index (χ4n) is 1.05. The van der Waals surface area contributed by atoms with Crippen LogP contribution < -0.4 is 0 Å². The van der Waals surface area contributed by atoms with Gasteiger partial charge in [0.25, 0.3) is 0 Å². The van der Waals surface area contributed by atoms with Crippen molar-refractivity contribution >= 4 is 0 Å². The molecule has 0 atom stereocenters. The summed E-state index contributed by atoms with van der Waals surface area (Å²) in [5.74, 6) is 0. The lowest BCUT2D eigenvalue weighted by atomic mass is 10.1. The summed E-state index contributed by atoms with van der Waals surface area (Å²) in [4.78, 5) is 0. The van der Waals surface area contributed by atoms with E-state index < -0.39 is 0 Å². The second-order valence-corrected chi connectivity index (χ2v) is 2.85. The van der Waals surface area contributed by atoms with E-state index in [4.69, 9.17) is 0 Å². The number of allylic oxidation sites excluding steroid dienone is 2. The van der Waals surface area contributed by atoms with Gasteiger partial charge < -0.3 is 0 Å². The fourth-order valence-corrected chi connectivity index (χ4v) is 1.05. The molecule has 0 amide bonds. The summed E-state index contributed by atoms with van der Waals surface area (Å²) >= 11 is 0. The van der Waals surface area contributed by atoms with Gasteiger partial charge in [-0.15, -0.1) is 0 Å². The third-order valence-electron chi connectivity index (χ3n) is 1.87. The zero-order valence-electron chi connectivity index (χ0n) is 7.29. The summed E-state index contributed by atoms with van der Waals surface area (Å²) < 4.78 is 0. The van der Waals surface area contributed by atoms with Gasteiger partial charge in [-0.1, -0.05) is 55.1 Å². The van der Waals surface area contributed by atoms with Crippen LogP contribution in [0.2, 0.25) is 0 Å². The molecule has 0 bridgehead atoms. The normalized spacial score (nSPS) is 9.33. The molecule has 0 aromatic heterocycles. The average Bonchev–Trinajstić information content (AvgIpc) is 2.16. The SMILES string of the molecule is C=CC(=C)CCc1ccccc1. The van der Waals surface area contributed by atoms with E-state index in [2.05, 4.69) is 37.4 Å². The lowest BCUT2D eigenvalue weighted by Gasteiger charge is -1.99. The first-order valence-electron chi connectivity index (χ1n) is 4.17. The minimum absolute atomic E-state index is 1.01. The average molecular weight is 158 g/mol. The second-order valence-electron chi connectivity index (χ2n) is 2.85. The van der Waals surface area contributed by atoms with Gasteiger partial charge in [0.2, 0.25) is 0 Å². The van der Waals surface area contributed by atoms with Gasteiger partial charge in [-0.05, 0) is 18.4 Å². The first-order chi connectivity index (χ1) is 5.83. The van der Waals surface area contributed by atoms with Gasteiger partial charge in [0.05, 0.1) is 0 Å². The van der Waals surface area contributed by atoms with Gasteiger partial charge in [-0.2, -0.15) is 0 Å². The van der Waals surface area contributed by atoms with Crippen molar-refractivity contribution in [3.05, 3.63) is 60.7 Å². The maximum Gasteiger partial charge on any atom is -0.0238 e. The Hall–Kier alpha value is -1.30. The van der Waals surface area contributed by atoms with Crippen LogP contribution in [0.3, 0.4) is 0 Å². The standard InChI is InChI=1S/C12H14/c1-3-11(2)9-10-12-7-5-4-6-8-12/h3-8H,1-2,9-10H2. The van der Waals surface area contributed by atoms with Crippen LogP contribution in [-0.4, -0.2) is 0 Å². The summed E-state index contributed by atoms with van der Waals surface area (Å²) in [7, 11) is 0. The molecule has 12 heavy (non-hydrogen) atoms. The van der Waals surface area contributed by atoms with E-state index in [1.165, 1.54) is 5.56 Å². The molecule has 0 radical (unpaired) electrons. The number of rotatable bonds is 4. The molecule has 0 fully saturated rings. The molecule has 0 N–H and O–H groups in total. The van der Waals surface area contributed by atoms with Crippen LogP contribution in [0.15, 0.2) is 55.1 Å². The highest BCUT2D eigenvalue weighted by molar-refractivity contribution is 5.18. The lowest BCUT2D eigenvalue weighted by molar-refractivity contribution is 0.970. The monoisotopic (exact) mass is 158 g/mol. The van der Waals surface area contributed by atoms with Crippen LogP contribution in [0.1, 0.15) is 12.0 Å². The van der Waals surface area contributed by atoms with Crippen molar-refractivity contribution in [1.29, 1.82) is 0 Å². The van der Waals surface area contributed by atoms with Crippen molar-refractivity contribution in [3.8, 4) is 0 Å². The summed E-state index contributed by atoms with van der Waals surface area (Å²) in [6.45, 7) is 7.54. The molecule has 1 aromatic rings. The largest absolute Gasteiger partial charge is 0.0988 e. The Morgan fingerprint density at radius 2 is 1.92 bits per heavy atom. The molecule has 0 aliphatic heterocycles. The van der Waals surface area contributed by atoms with Crippen molar-refractivity contribution < 1.29 is 0 Å². The third-order valence-corrected chi connectivity index (χ3v) is 1.87. The smallest absolute Gasteiger partial charge is 0.0238 e. The Kier molecular flexibility index (Phi) is 3.34. The lowest BCUT2D eigenvalue weighted by Crippen LogP contribution is -1.84. The summed E-state index contributed by atoms with van der Waals surface area (Å²) in [6.07, 6.45) is 3.89. The maximum absolute atomic E-state index is 3.87. The predicted molar refractivity (Wildman–Crippen MR) is 54.1 cm³/mol. The molecule has 0 spiro atoms. The Morgan fingerprint density at radius 1 is 1.25 bits per heavy atom. The molecule has 0 nitrogen and oxygen atoms in total. The van der Waals surface area contributed by atoms with Crippen LogP contribution in [0.4, 0.5) is 0 Å². The Bertz CT molecular complexity index is 257. The highest BCUT2D eigenvalue weighted by Crippen LogP contribution is 2.07. The molecule has 1 aromatic carbocycles. The van der Waals surface area contributed by atoms with E-state index in [-0.39, 0.29) is 0 Å². The van der Waals surface area contributed by atoms with E-state index in [0.29, 0.717) is 0 Å². The maximum atomic E-state index is 3.87. The van der Waals surface area contributed by atoms with E-state index in [1.807, 2.05) is 12.1 Å². The molecule has 0 aliphatic carbocycles. The van der Waals surface area contributed by atoms with Crippen molar-refractivity contribution in [2.45, 2.75) is 12.8 Å². The van der Waals surface area contributed by atoms with Crippen LogP contribution >= 0.6 is 0 Å². The second kappa shape index (κ2) is 4.55.